The number of ketones is 2. The molecule has 0 saturated heterocycles. The molecule has 0 spiro atoms. The second kappa shape index (κ2) is 12.4. The van der Waals surface area contributed by atoms with E-state index in [1.54, 1.807) is 36.4 Å². The van der Waals surface area contributed by atoms with Gasteiger partial charge in [0.15, 0.2) is 11.6 Å². The van der Waals surface area contributed by atoms with E-state index in [0.717, 1.165) is 5.56 Å². The molecule has 0 aliphatic carbocycles. The van der Waals surface area contributed by atoms with E-state index in [4.69, 9.17) is 28.3 Å². The van der Waals surface area contributed by atoms with Crippen LogP contribution in [0.25, 0.3) is 0 Å². The topological polar surface area (TPSA) is 101 Å². The van der Waals surface area contributed by atoms with E-state index in [-0.39, 0.29) is 41.9 Å². The Labute approximate surface area is 232 Å². The molecule has 0 heterocycles. The van der Waals surface area contributed by atoms with E-state index in [0.29, 0.717) is 26.7 Å². The molecule has 3 aromatic carbocycles. The first-order valence-corrected chi connectivity index (χ1v) is 12.8. The number of carboxylic acid groups (broad SMARTS) is 1. The Morgan fingerprint density at radius 3 is 1.89 bits per heavy atom. The number of hydrogen-bond acceptors (Lipinski definition) is 4. The minimum absolute atomic E-state index is 0.00490. The first-order chi connectivity index (χ1) is 17.8. The lowest BCUT2D eigenvalue weighted by Crippen LogP contribution is -2.26. The van der Waals surface area contributed by atoms with Crippen LogP contribution in [0.3, 0.4) is 0 Å². The number of carbonyl (C=O) groups excluding carboxylic acids is 3. The van der Waals surface area contributed by atoms with Gasteiger partial charge in [0.1, 0.15) is 0 Å². The van der Waals surface area contributed by atoms with Crippen LogP contribution in [0.15, 0.2) is 66.7 Å². The molecule has 0 aliphatic rings. The van der Waals surface area contributed by atoms with E-state index in [1.165, 1.54) is 18.2 Å². The van der Waals surface area contributed by atoms with Crippen molar-refractivity contribution in [2.24, 2.45) is 0 Å². The van der Waals surface area contributed by atoms with Crippen LogP contribution in [0.1, 0.15) is 81.7 Å². The van der Waals surface area contributed by atoms with Crippen molar-refractivity contribution in [3.8, 4) is 0 Å². The van der Waals surface area contributed by atoms with Gasteiger partial charge in [0, 0.05) is 39.7 Å². The monoisotopic (exact) mass is 553 g/mol. The third-order valence-electron chi connectivity index (χ3n) is 6.13. The Balaban J connectivity index is 1.90. The van der Waals surface area contributed by atoms with Crippen molar-refractivity contribution in [3.63, 3.8) is 0 Å². The molecule has 1 unspecified atom stereocenters. The maximum absolute atomic E-state index is 13.6. The zero-order valence-corrected chi connectivity index (χ0v) is 22.9. The summed E-state index contributed by atoms with van der Waals surface area (Å²) in [4.78, 5) is 49.9. The zero-order valence-electron chi connectivity index (χ0n) is 21.4. The summed E-state index contributed by atoms with van der Waals surface area (Å²) in [5.41, 5.74) is 2.65. The standard InChI is InChI=1S/C30H29Cl2NO5/c1-30(2,3)22-10-8-19(9-11-22)26(34)17-25(28(37)21-14-23(31)16-24(32)15-21)18-4-6-20(7-5-18)29(38)33-13-12-27(35)36/h4-11,14-16,25H,12-13,17H2,1-3H3,(H,33,38)(H,35,36). The number of halogens is 2. The molecule has 8 heteroatoms. The number of carboxylic acids is 1. The van der Waals surface area contributed by atoms with Crippen LogP contribution in [0, 0.1) is 0 Å². The van der Waals surface area contributed by atoms with Crippen LogP contribution in [0.5, 0.6) is 0 Å². The predicted molar refractivity (Wildman–Crippen MR) is 149 cm³/mol. The van der Waals surface area contributed by atoms with Crippen LogP contribution in [0.4, 0.5) is 0 Å². The fourth-order valence-corrected chi connectivity index (χ4v) is 4.50. The smallest absolute Gasteiger partial charge is 0.305 e. The molecular formula is C30H29Cl2NO5. The van der Waals surface area contributed by atoms with E-state index in [2.05, 4.69) is 26.1 Å². The fourth-order valence-electron chi connectivity index (χ4n) is 3.97. The summed E-state index contributed by atoms with van der Waals surface area (Å²) in [6.07, 6.45) is -0.288. The second-order valence-electron chi connectivity index (χ2n) is 10.1. The third-order valence-corrected chi connectivity index (χ3v) is 6.56. The van der Waals surface area contributed by atoms with E-state index in [1.807, 2.05) is 12.1 Å². The molecule has 0 saturated carbocycles. The molecule has 6 nitrogen and oxygen atoms in total. The number of carbonyl (C=O) groups is 4. The Morgan fingerprint density at radius 1 is 0.816 bits per heavy atom. The summed E-state index contributed by atoms with van der Waals surface area (Å²) < 4.78 is 0. The maximum Gasteiger partial charge on any atom is 0.305 e. The van der Waals surface area contributed by atoms with Crippen LogP contribution in [-0.2, 0) is 10.2 Å². The van der Waals surface area contributed by atoms with Gasteiger partial charge in [0.05, 0.1) is 12.3 Å². The van der Waals surface area contributed by atoms with Gasteiger partial charge in [-0.15, -0.1) is 0 Å². The number of benzene rings is 3. The lowest BCUT2D eigenvalue weighted by atomic mass is 9.83. The Kier molecular flexibility index (Phi) is 9.47. The van der Waals surface area contributed by atoms with Gasteiger partial charge < -0.3 is 10.4 Å². The highest BCUT2D eigenvalue weighted by Crippen LogP contribution is 2.30. The van der Waals surface area contributed by atoms with Gasteiger partial charge in [-0.3, -0.25) is 19.2 Å². The summed E-state index contributed by atoms with van der Waals surface area (Å²) in [6.45, 7) is 6.26. The van der Waals surface area contributed by atoms with Crippen LogP contribution >= 0.6 is 23.2 Å². The lowest BCUT2D eigenvalue weighted by molar-refractivity contribution is -0.136. The number of amides is 1. The van der Waals surface area contributed by atoms with Gasteiger partial charge in [-0.2, -0.15) is 0 Å². The minimum Gasteiger partial charge on any atom is -0.481 e. The first-order valence-electron chi connectivity index (χ1n) is 12.1. The molecule has 1 atom stereocenters. The Bertz CT molecular complexity index is 1320. The van der Waals surface area contributed by atoms with Crippen LogP contribution in [0.2, 0.25) is 10.0 Å². The lowest BCUT2D eigenvalue weighted by Gasteiger charge is -2.20. The molecule has 0 radical (unpaired) electrons. The molecule has 0 aromatic heterocycles. The summed E-state index contributed by atoms with van der Waals surface area (Å²) in [6, 6.07) is 18.2. The van der Waals surface area contributed by atoms with Crippen molar-refractivity contribution in [3.05, 3.63) is 105 Å². The molecule has 1 amide bonds. The van der Waals surface area contributed by atoms with Crippen molar-refractivity contribution in [1.82, 2.24) is 5.32 Å². The predicted octanol–water partition coefficient (Wildman–Crippen LogP) is 6.73. The van der Waals surface area contributed by atoms with Gasteiger partial charge >= 0.3 is 5.97 Å². The van der Waals surface area contributed by atoms with Crippen LogP contribution in [-0.4, -0.2) is 35.1 Å². The maximum atomic E-state index is 13.6. The first kappa shape index (κ1) is 29.1. The fraction of sp³-hybridized carbons (Fsp3) is 0.267. The molecular weight excluding hydrogens is 525 g/mol. The average Bonchev–Trinajstić information content (AvgIpc) is 2.85. The third kappa shape index (κ3) is 7.76. The highest BCUT2D eigenvalue weighted by Gasteiger charge is 2.27. The number of Topliss-reactive ketones (excluding diaryl/α,β-unsaturated/α-hetero) is 2. The van der Waals surface area contributed by atoms with Gasteiger partial charge in [-0.1, -0.05) is 80.4 Å². The van der Waals surface area contributed by atoms with E-state index >= 15 is 0 Å². The number of nitrogens with one attached hydrogen (secondary N) is 1. The second-order valence-corrected chi connectivity index (χ2v) is 10.9. The summed E-state index contributed by atoms with van der Waals surface area (Å²) in [5.74, 6) is -2.82. The quantitative estimate of drug-likeness (QED) is 0.271. The number of aliphatic carboxylic acids is 1. The molecule has 0 aliphatic heterocycles. The SMILES string of the molecule is CC(C)(C)c1ccc(C(=O)CC(C(=O)c2cc(Cl)cc(Cl)c2)c2ccc(C(=O)NCCC(=O)O)cc2)cc1. The van der Waals surface area contributed by atoms with E-state index < -0.39 is 17.8 Å². The van der Waals surface area contributed by atoms with Crippen molar-refractivity contribution in [1.29, 1.82) is 0 Å². The minimum atomic E-state index is -1.01. The normalized spacial score (nSPS) is 12.0. The largest absolute Gasteiger partial charge is 0.481 e. The van der Waals surface area contributed by atoms with Crippen molar-refractivity contribution < 1.29 is 24.3 Å². The van der Waals surface area contributed by atoms with Crippen molar-refractivity contribution >= 4 is 46.6 Å². The van der Waals surface area contributed by atoms with Crippen molar-refractivity contribution in [2.75, 3.05) is 6.54 Å². The summed E-state index contributed by atoms with van der Waals surface area (Å²) in [5, 5.41) is 11.9. The molecule has 3 rings (SSSR count). The highest BCUT2D eigenvalue weighted by atomic mass is 35.5. The molecule has 0 bridgehead atoms. The Morgan fingerprint density at radius 2 is 1.37 bits per heavy atom. The highest BCUT2D eigenvalue weighted by molar-refractivity contribution is 6.35. The zero-order chi connectivity index (χ0) is 28.0. The number of rotatable bonds is 10. The average molecular weight is 554 g/mol. The Hall–Kier alpha value is -3.48. The molecule has 38 heavy (non-hydrogen) atoms. The number of hydrogen-bond donors (Lipinski definition) is 2. The van der Waals surface area contributed by atoms with Crippen molar-refractivity contribution in [2.45, 2.75) is 44.9 Å². The molecule has 0 fully saturated rings. The van der Waals surface area contributed by atoms with Gasteiger partial charge in [0.25, 0.3) is 5.91 Å². The molecule has 2 N–H and O–H groups in total. The molecule has 3 aromatic rings. The molecule has 198 valence electrons. The van der Waals surface area contributed by atoms with Gasteiger partial charge in [-0.05, 0) is 46.9 Å². The van der Waals surface area contributed by atoms with Gasteiger partial charge in [-0.25, -0.2) is 0 Å². The summed E-state index contributed by atoms with van der Waals surface area (Å²) >= 11 is 12.3. The van der Waals surface area contributed by atoms with Crippen LogP contribution < -0.4 is 5.32 Å². The van der Waals surface area contributed by atoms with Gasteiger partial charge in [0.2, 0.25) is 0 Å². The van der Waals surface area contributed by atoms with E-state index in [9.17, 15) is 19.2 Å². The summed E-state index contributed by atoms with van der Waals surface area (Å²) in [7, 11) is 0.